The van der Waals surface area contributed by atoms with E-state index in [4.69, 9.17) is 0 Å². The minimum atomic E-state index is -0.271. The number of aryl methyl sites for hydroxylation is 1. The molecule has 6 heteroatoms. The molecule has 3 rings (SSSR count). The lowest BCUT2D eigenvalue weighted by atomic mass is 9.98. The van der Waals surface area contributed by atoms with Crippen molar-refractivity contribution in [1.82, 2.24) is 14.9 Å². The lowest BCUT2D eigenvalue weighted by molar-refractivity contribution is -0.0301. The molecule has 3 heterocycles. The van der Waals surface area contributed by atoms with E-state index in [0.29, 0.717) is 24.0 Å². The summed E-state index contributed by atoms with van der Waals surface area (Å²) >= 11 is 0. The van der Waals surface area contributed by atoms with Crippen molar-refractivity contribution >= 4 is 5.82 Å². The number of likely N-dealkylation sites (tertiary alicyclic amines) is 1. The molecule has 0 unspecified atom stereocenters. The molecule has 1 N–H and O–H groups in total. The van der Waals surface area contributed by atoms with Gasteiger partial charge in [0.05, 0.1) is 11.8 Å². The van der Waals surface area contributed by atoms with Crippen molar-refractivity contribution in [2.75, 3.05) is 31.1 Å². The van der Waals surface area contributed by atoms with Crippen LogP contribution in [0.4, 0.5) is 10.2 Å². The molecule has 1 aromatic rings. The van der Waals surface area contributed by atoms with E-state index in [9.17, 15) is 9.50 Å². The fraction of sp³-hybridized carbons (Fsp3) is 0.714. The SMILES string of the molecule is CCc1ncnc(N2CCC(N3CC(O)C3)CC2)c1F. The van der Waals surface area contributed by atoms with Crippen molar-refractivity contribution < 1.29 is 9.50 Å². The Morgan fingerprint density at radius 2 is 2.00 bits per heavy atom. The number of hydrogen-bond donors (Lipinski definition) is 1. The van der Waals surface area contributed by atoms with Gasteiger partial charge in [0.2, 0.25) is 0 Å². The third-order valence-corrected chi connectivity index (χ3v) is 4.35. The smallest absolute Gasteiger partial charge is 0.187 e. The molecule has 0 radical (unpaired) electrons. The minimum Gasteiger partial charge on any atom is -0.390 e. The van der Waals surface area contributed by atoms with Gasteiger partial charge in [0, 0.05) is 32.2 Å². The summed E-state index contributed by atoms with van der Waals surface area (Å²) in [5, 5.41) is 9.35. The van der Waals surface area contributed by atoms with Gasteiger partial charge >= 0.3 is 0 Å². The van der Waals surface area contributed by atoms with Gasteiger partial charge in [-0.05, 0) is 19.3 Å². The highest BCUT2D eigenvalue weighted by Gasteiger charge is 2.33. The summed E-state index contributed by atoms with van der Waals surface area (Å²) in [5.41, 5.74) is 0.489. The number of hydrogen-bond acceptors (Lipinski definition) is 5. The largest absolute Gasteiger partial charge is 0.390 e. The Morgan fingerprint density at radius 3 is 2.60 bits per heavy atom. The van der Waals surface area contributed by atoms with E-state index < -0.39 is 0 Å². The van der Waals surface area contributed by atoms with Gasteiger partial charge in [0.15, 0.2) is 11.6 Å². The van der Waals surface area contributed by atoms with Gasteiger partial charge in [-0.25, -0.2) is 14.4 Å². The van der Waals surface area contributed by atoms with E-state index in [1.165, 1.54) is 6.33 Å². The van der Waals surface area contributed by atoms with Gasteiger partial charge < -0.3 is 10.0 Å². The van der Waals surface area contributed by atoms with Crippen molar-refractivity contribution in [2.24, 2.45) is 0 Å². The third-order valence-electron chi connectivity index (χ3n) is 4.35. The van der Waals surface area contributed by atoms with E-state index in [2.05, 4.69) is 14.9 Å². The highest BCUT2D eigenvalue weighted by molar-refractivity contribution is 5.41. The average molecular weight is 280 g/mol. The van der Waals surface area contributed by atoms with Crippen LogP contribution >= 0.6 is 0 Å². The molecule has 0 saturated carbocycles. The number of piperidine rings is 1. The van der Waals surface area contributed by atoms with Crippen LogP contribution in [-0.4, -0.2) is 58.3 Å². The number of aliphatic hydroxyl groups excluding tert-OH is 1. The van der Waals surface area contributed by atoms with Gasteiger partial charge in [0.25, 0.3) is 0 Å². The molecular weight excluding hydrogens is 259 g/mol. The molecule has 2 aliphatic rings. The number of halogens is 1. The average Bonchev–Trinajstić information content (AvgIpc) is 2.45. The van der Waals surface area contributed by atoms with Crippen molar-refractivity contribution in [3.8, 4) is 0 Å². The van der Waals surface area contributed by atoms with Gasteiger partial charge in [-0.2, -0.15) is 0 Å². The van der Waals surface area contributed by atoms with Gasteiger partial charge in [-0.3, -0.25) is 4.90 Å². The van der Waals surface area contributed by atoms with Crippen LogP contribution in [0.2, 0.25) is 0 Å². The Bertz CT molecular complexity index is 470. The molecule has 5 nitrogen and oxygen atoms in total. The Kier molecular flexibility index (Phi) is 3.85. The summed E-state index contributed by atoms with van der Waals surface area (Å²) in [6, 6.07) is 0.519. The molecule has 0 aliphatic carbocycles. The first-order chi connectivity index (χ1) is 9.69. The predicted octanol–water partition coefficient (Wildman–Crippen LogP) is 0.823. The van der Waals surface area contributed by atoms with Crippen molar-refractivity contribution in [3.05, 3.63) is 17.8 Å². The van der Waals surface area contributed by atoms with Crippen LogP contribution in [0.1, 0.15) is 25.5 Å². The van der Waals surface area contributed by atoms with E-state index >= 15 is 0 Å². The Balaban J connectivity index is 1.63. The molecule has 0 atom stereocenters. The minimum absolute atomic E-state index is 0.153. The molecule has 0 aromatic carbocycles. The van der Waals surface area contributed by atoms with Gasteiger partial charge in [0.1, 0.15) is 6.33 Å². The zero-order chi connectivity index (χ0) is 14.1. The summed E-state index contributed by atoms with van der Waals surface area (Å²) in [6.07, 6.45) is 3.88. The first-order valence-corrected chi connectivity index (χ1v) is 7.35. The lowest BCUT2D eigenvalue weighted by Crippen LogP contribution is -2.57. The Hall–Kier alpha value is -1.27. The number of anilines is 1. The number of β-amino-alcohol motifs (C(OH)–C–C–N with tert-alkyl or cyclic N) is 1. The highest BCUT2D eigenvalue weighted by Crippen LogP contribution is 2.26. The standard InChI is InChI=1S/C14H21FN4O/c1-2-12-13(15)14(17-9-16-12)18-5-3-10(4-6-18)19-7-11(20)8-19/h9-11,20H,2-8H2,1H3. The summed E-state index contributed by atoms with van der Waals surface area (Å²) in [5.74, 6) is 0.173. The second-order valence-corrected chi connectivity index (χ2v) is 5.64. The summed E-state index contributed by atoms with van der Waals surface area (Å²) in [6.45, 7) is 5.10. The number of aliphatic hydroxyl groups is 1. The summed E-state index contributed by atoms with van der Waals surface area (Å²) < 4.78 is 14.2. The van der Waals surface area contributed by atoms with E-state index in [0.717, 1.165) is 39.0 Å². The van der Waals surface area contributed by atoms with E-state index in [1.54, 1.807) is 0 Å². The van der Waals surface area contributed by atoms with Crippen LogP contribution in [0.3, 0.4) is 0 Å². The van der Waals surface area contributed by atoms with Crippen LogP contribution in [0.15, 0.2) is 6.33 Å². The molecule has 1 aromatic heterocycles. The molecule has 20 heavy (non-hydrogen) atoms. The van der Waals surface area contributed by atoms with Crippen LogP contribution in [0.25, 0.3) is 0 Å². The molecule has 110 valence electrons. The highest BCUT2D eigenvalue weighted by atomic mass is 19.1. The van der Waals surface area contributed by atoms with Crippen molar-refractivity contribution in [1.29, 1.82) is 0 Å². The monoisotopic (exact) mass is 280 g/mol. The quantitative estimate of drug-likeness (QED) is 0.888. The Morgan fingerprint density at radius 1 is 1.30 bits per heavy atom. The summed E-state index contributed by atoms with van der Waals surface area (Å²) in [4.78, 5) is 12.4. The second kappa shape index (κ2) is 5.61. The maximum Gasteiger partial charge on any atom is 0.187 e. The second-order valence-electron chi connectivity index (χ2n) is 5.64. The zero-order valence-corrected chi connectivity index (χ0v) is 11.8. The summed E-state index contributed by atoms with van der Waals surface area (Å²) in [7, 11) is 0. The normalized spacial score (nSPS) is 22.1. The lowest BCUT2D eigenvalue weighted by Gasteiger charge is -2.45. The van der Waals surface area contributed by atoms with Gasteiger partial charge in [-0.1, -0.05) is 6.92 Å². The molecule has 2 aliphatic heterocycles. The number of aromatic nitrogens is 2. The van der Waals surface area contributed by atoms with E-state index in [1.807, 2.05) is 11.8 Å². The first-order valence-electron chi connectivity index (χ1n) is 7.35. The maximum atomic E-state index is 14.2. The zero-order valence-electron chi connectivity index (χ0n) is 11.8. The number of nitrogens with zero attached hydrogens (tertiary/aromatic N) is 4. The predicted molar refractivity (Wildman–Crippen MR) is 74.2 cm³/mol. The van der Waals surface area contributed by atoms with Gasteiger partial charge in [-0.15, -0.1) is 0 Å². The van der Waals surface area contributed by atoms with Crippen molar-refractivity contribution in [2.45, 2.75) is 38.3 Å². The van der Waals surface area contributed by atoms with E-state index in [-0.39, 0.29) is 11.9 Å². The fourth-order valence-corrected chi connectivity index (χ4v) is 3.09. The first kappa shape index (κ1) is 13.7. The van der Waals surface area contributed by atoms with Crippen LogP contribution in [0, 0.1) is 5.82 Å². The maximum absolute atomic E-state index is 14.2. The molecule has 0 spiro atoms. The van der Waals surface area contributed by atoms with Crippen LogP contribution in [0.5, 0.6) is 0 Å². The molecular formula is C14H21FN4O. The fourth-order valence-electron chi connectivity index (χ4n) is 3.09. The Labute approximate surface area is 118 Å². The molecule has 0 amide bonds. The molecule has 0 bridgehead atoms. The van der Waals surface area contributed by atoms with Crippen molar-refractivity contribution in [3.63, 3.8) is 0 Å². The number of rotatable bonds is 3. The van der Waals surface area contributed by atoms with Crippen LogP contribution in [-0.2, 0) is 6.42 Å². The molecule has 2 saturated heterocycles. The molecule has 2 fully saturated rings. The third kappa shape index (κ3) is 2.50. The van der Waals surface area contributed by atoms with Crippen LogP contribution < -0.4 is 4.90 Å². The topological polar surface area (TPSA) is 52.5 Å².